The molecule has 0 aromatic rings. The molecule has 23 heavy (non-hydrogen) atoms. The third kappa shape index (κ3) is 14.9. The second-order valence-electron chi connectivity index (χ2n) is 5.72. The average molecular weight is 349 g/mol. The summed E-state index contributed by atoms with van der Waals surface area (Å²) in [5.74, 6) is -1.25. The van der Waals surface area contributed by atoms with Crippen LogP contribution >= 0.6 is 11.8 Å². The van der Waals surface area contributed by atoms with Crippen LogP contribution in [0.4, 0.5) is 4.79 Å². The van der Waals surface area contributed by atoms with Crippen molar-refractivity contribution < 1.29 is 24.2 Å². The first kappa shape index (κ1) is 23.5. The maximum atomic E-state index is 11.8. The van der Waals surface area contributed by atoms with Crippen LogP contribution in [0.2, 0.25) is 0 Å². The fraction of sp³-hybridized carbons (Fsp3) is 0.714. The van der Waals surface area contributed by atoms with Gasteiger partial charge in [0.05, 0.1) is 0 Å². The van der Waals surface area contributed by atoms with Gasteiger partial charge in [-0.3, -0.25) is 9.59 Å². The predicted molar refractivity (Wildman–Crippen MR) is 91.8 cm³/mol. The van der Waals surface area contributed by atoms with Gasteiger partial charge in [0.1, 0.15) is 11.6 Å². The van der Waals surface area contributed by atoms with Crippen LogP contribution in [0.25, 0.3) is 0 Å². The Morgan fingerprint density at radius 1 is 1.26 bits per heavy atom. The van der Waals surface area contributed by atoms with Crippen molar-refractivity contribution in [3.05, 3.63) is 0 Å². The third-order valence-corrected chi connectivity index (χ3v) is 2.70. The average Bonchev–Trinajstić information content (AvgIpc) is 2.31. The summed E-state index contributed by atoms with van der Waals surface area (Å²) in [4.78, 5) is 38.0. The topological polar surface area (TPSA) is 108 Å². The first-order valence-corrected chi connectivity index (χ1v) is 8.05. The molecule has 9 heteroatoms. The number of hydrogen-bond acceptors (Lipinski definition) is 5. The van der Waals surface area contributed by atoms with Gasteiger partial charge in [-0.15, -0.1) is 0 Å². The first-order valence-electron chi connectivity index (χ1n) is 6.83. The molecule has 0 bridgehead atoms. The van der Waals surface area contributed by atoms with Crippen molar-refractivity contribution in [2.75, 3.05) is 20.4 Å². The van der Waals surface area contributed by atoms with Crippen LogP contribution in [0.15, 0.2) is 4.99 Å². The molecular weight excluding hydrogens is 322 g/mol. The van der Waals surface area contributed by atoms with Crippen LogP contribution in [0.5, 0.6) is 0 Å². The minimum atomic E-state index is -0.833. The van der Waals surface area contributed by atoms with E-state index in [9.17, 15) is 9.59 Å². The second-order valence-corrected chi connectivity index (χ2v) is 6.49. The van der Waals surface area contributed by atoms with Gasteiger partial charge in [-0.05, 0) is 34.0 Å². The molecule has 0 rings (SSSR count). The van der Waals surface area contributed by atoms with Crippen molar-refractivity contribution >= 4 is 34.9 Å². The van der Waals surface area contributed by atoms with Gasteiger partial charge in [0.2, 0.25) is 0 Å². The number of amidine groups is 1. The zero-order valence-corrected chi connectivity index (χ0v) is 15.8. The van der Waals surface area contributed by atoms with Gasteiger partial charge in [0.15, 0.2) is 5.17 Å². The molecule has 134 valence electrons. The molecule has 0 spiro atoms. The zero-order valence-electron chi connectivity index (χ0n) is 15.0. The molecule has 0 aromatic carbocycles. The minimum absolute atomic E-state index is 0.413. The molecule has 0 saturated heterocycles. The molecule has 0 aliphatic carbocycles. The number of carboxylic acids is 1. The Morgan fingerprint density at radius 2 is 1.70 bits per heavy atom. The Kier molecular flexibility index (Phi) is 11.1. The molecule has 0 aliphatic rings. The monoisotopic (exact) mass is 349 g/mol. The van der Waals surface area contributed by atoms with E-state index in [-0.39, 0.29) is 0 Å². The molecule has 2 amide bonds. The fourth-order valence-electron chi connectivity index (χ4n) is 1.07. The number of nitrogens with one attached hydrogen (secondary N) is 1. The maximum Gasteiger partial charge on any atom is 0.408 e. The molecular formula is C14H27N3O5S. The van der Waals surface area contributed by atoms with Gasteiger partial charge in [-0.1, -0.05) is 11.8 Å². The summed E-state index contributed by atoms with van der Waals surface area (Å²) >= 11 is 1.36. The Morgan fingerprint density at radius 3 is 2.00 bits per heavy atom. The van der Waals surface area contributed by atoms with Crippen molar-refractivity contribution in [3.8, 4) is 0 Å². The van der Waals surface area contributed by atoms with Crippen molar-refractivity contribution in [2.45, 2.75) is 46.3 Å². The number of aliphatic imine (C=N–C) groups is 1. The largest absolute Gasteiger partial charge is 0.481 e. The molecule has 1 atom stereocenters. The van der Waals surface area contributed by atoms with E-state index in [1.54, 1.807) is 46.7 Å². The number of carbonyl (C=O) groups excluding carboxylic acids is 2. The minimum Gasteiger partial charge on any atom is -0.481 e. The lowest BCUT2D eigenvalue weighted by atomic mass is 10.2. The molecule has 8 nitrogen and oxygen atoms in total. The van der Waals surface area contributed by atoms with Crippen LogP contribution in [0.1, 0.15) is 34.6 Å². The summed E-state index contributed by atoms with van der Waals surface area (Å²) in [7, 11) is 3.60. The lowest BCUT2D eigenvalue weighted by Crippen LogP contribution is -2.41. The molecule has 0 radical (unpaired) electrons. The van der Waals surface area contributed by atoms with E-state index in [0.29, 0.717) is 5.17 Å². The number of aliphatic carboxylic acids is 1. The molecule has 0 aliphatic heterocycles. The van der Waals surface area contributed by atoms with E-state index in [0.717, 1.165) is 6.92 Å². The van der Waals surface area contributed by atoms with E-state index >= 15 is 0 Å². The van der Waals surface area contributed by atoms with Crippen LogP contribution in [0.3, 0.4) is 0 Å². The van der Waals surface area contributed by atoms with E-state index in [2.05, 4.69) is 10.3 Å². The number of amides is 2. The van der Waals surface area contributed by atoms with Gasteiger partial charge >= 0.3 is 6.09 Å². The van der Waals surface area contributed by atoms with Crippen LogP contribution in [-0.2, 0) is 14.3 Å². The van der Waals surface area contributed by atoms with E-state index in [1.807, 2.05) is 6.26 Å². The maximum absolute atomic E-state index is 11.8. The van der Waals surface area contributed by atoms with Crippen molar-refractivity contribution in [2.24, 2.45) is 4.99 Å². The molecule has 0 fully saturated rings. The lowest BCUT2D eigenvalue weighted by molar-refractivity contribution is -0.134. The fourth-order valence-corrected chi connectivity index (χ4v) is 1.61. The standard InChI is InChI=1S/C12H23N3O3S.C2H4O2/c1-8(13-11(17)18-12(2,3)4)9(16)14-10(19-7)15(5)6;1-2(3)4/h8H,1-7H3,(H,13,17);1H3,(H,3,4)/b14-10+;/t8-;/m0./s1. The van der Waals surface area contributed by atoms with Crippen molar-refractivity contribution in [3.63, 3.8) is 0 Å². The molecule has 0 heterocycles. The van der Waals surface area contributed by atoms with Gasteiger partial charge in [0.25, 0.3) is 11.9 Å². The number of rotatable bonds is 2. The summed E-state index contributed by atoms with van der Waals surface area (Å²) < 4.78 is 5.07. The molecule has 0 saturated carbocycles. The van der Waals surface area contributed by atoms with Crippen LogP contribution in [-0.4, -0.2) is 65.1 Å². The lowest BCUT2D eigenvalue weighted by Gasteiger charge is -2.21. The number of nitrogens with zero attached hydrogens (tertiary/aromatic N) is 2. The quantitative estimate of drug-likeness (QED) is 0.578. The van der Waals surface area contributed by atoms with E-state index in [4.69, 9.17) is 14.6 Å². The van der Waals surface area contributed by atoms with Crippen molar-refractivity contribution in [1.29, 1.82) is 0 Å². The number of thioether (sulfide) groups is 1. The summed E-state index contributed by atoms with van der Waals surface area (Å²) in [6.45, 7) is 7.93. The molecule has 0 unspecified atom stereocenters. The molecule has 2 N–H and O–H groups in total. The highest BCUT2D eigenvalue weighted by molar-refractivity contribution is 8.13. The highest BCUT2D eigenvalue weighted by Crippen LogP contribution is 2.07. The highest BCUT2D eigenvalue weighted by atomic mass is 32.2. The summed E-state index contributed by atoms with van der Waals surface area (Å²) in [5.41, 5.74) is -0.593. The Hall–Kier alpha value is -1.77. The van der Waals surface area contributed by atoms with E-state index in [1.165, 1.54) is 11.8 Å². The Balaban J connectivity index is 0. The normalized spacial score (nSPS) is 12.4. The Labute approximate surface area is 141 Å². The SMILES string of the molecule is CC(=O)O.CS/C(=N/C(=O)[C@H](C)NC(=O)OC(C)(C)C)N(C)C. The summed E-state index contributed by atoms with van der Waals surface area (Å²) in [5, 5.41) is 10.5. The number of ether oxygens (including phenoxy) is 1. The smallest absolute Gasteiger partial charge is 0.408 e. The predicted octanol–water partition coefficient (Wildman–Crippen LogP) is 1.80. The van der Waals surface area contributed by atoms with Gasteiger partial charge in [-0.2, -0.15) is 4.99 Å². The molecule has 0 aromatic heterocycles. The number of alkyl carbamates (subject to hydrolysis) is 1. The van der Waals surface area contributed by atoms with Gasteiger partial charge < -0.3 is 20.1 Å². The van der Waals surface area contributed by atoms with Crippen LogP contribution < -0.4 is 5.32 Å². The number of carboxylic acid groups (broad SMARTS) is 1. The van der Waals surface area contributed by atoms with Gasteiger partial charge in [-0.25, -0.2) is 4.79 Å². The van der Waals surface area contributed by atoms with Gasteiger partial charge in [0, 0.05) is 21.0 Å². The van der Waals surface area contributed by atoms with E-state index < -0.39 is 29.6 Å². The highest BCUT2D eigenvalue weighted by Gasteiger charge is 2.21. The number of carbonyl (C=O) groups is 3. The summed E-state index contributed by atoms with van der Waals surface area (Å²) in [6.07, 6.45) is 1.21. The summed E-state index contributed by atoms with van der Waals surface area (Å²) in [6, 6.07) is -0.725. The third-order valence-electron chi connectivity index (χ3n) is 1.87. The zero-order chi connectivity index (χ0) is 18.8. The van der Waals surface area contributed by atoms with Crippen molar-refractivity contribution in [1.82, 2.24) is 10.2 Å². The number of hydrogen-bond donors (Lipinski definition) is 2. The Bertz CT molecular complexity index is 440. The second kappa shape index (κ2) is 10.9. The van der Waals surface area contributed by atoms with Crippen LogP contribution in [0, 0.1) is 0 Å². The first-order chi connectivity index (χ1) is 10.3.